The van der Waals surface area contributed by atoms with Crippen LogP contribution in [-0.4, -0.2) is 28.6 Å². The zero-order chi connectivity index (χ0) is 24.4. The zero-order valence-electron chi connectivity index (χ0n) is 21.2. The van der Waals surface area contributed by atoms with E-state index in [9.17, 15) is 4.79 Å². The van der Waals surface area contributed by atoms with Crippen molar-refractivity contribution in [2.75, 3.05) is 18.1 Å². The molecular formula is C30H34ClN3O2. The number of imidazole rings is 1. The van der Waals surface area contributed by atoms with Crippen molar-refractivity contribution in [2.45, 2.75) is 52.5 Å². The maximum Gasteiger partial charge on any atom is 0.227 e. The van der Waals surface area contributed by atoms with Gasteiger partial charge in [0, 0.05) is 31.1 Å². The van der Waals surface area contributed by atoms with E-state index < -0.39 is 0 Å². The lowest BCUT2D eigenvalue weighted by Crippen LogP contribution is -2.25. The van der Waals surface area contributed by atoms with Crippen molar-refractivity contribution in [3.63, 3.8) is 0 Å². The predicted octanol–water partition coefficient (Wildman–Crippen LogP) is 6.76. The summed E-state index contributed by atoms with van der Waals surface area (Å²) in [6, 6.07) is 22.8. The topological polar surface area (TPSA) is 47.4 Å². The van der Waals surface area contributed by atoms with E-state index in [2.05, 4.69) is 73.9 Å². The van der Waals surface area contributed by atoms with Gasteiger partial charge in [0.25, 0.3) is 0 Å². The average Bonchev–Trinajstić information content (AvgIpc) is 3.39. The van der Waals surface area contributed by atoms with Crippen LogP contribution in [0, 0.1) is 20.8 Å². The number of hydrogen-bond acceptors (Lipinski definition) is 3. The molecule has 6 heteroatoms. The fraction of sp³-hybridized carbons (Fsp3) is 0.333. The third kappa shape index (κ3) is 5.41. The first-order chi connectivity index (χ1) is 17.0. The highest BCUT2D eigenvalue weighted by Crippen LogP contribution is 2.35. The molecule has 1 amide bonds. The van der Waals surface area contributed by atoms with Crippen molar-refractivity contribution in [1.29, 1.82) is 0 Å². The summed E-state index contributed by atoms with van der Waals surface area (Å²) in [6.07, 6.45) is 2.44. The van der Waals surface area contributed by atoms with Gasteiger partial charge in [0.1, 0.15) is 11.6 Å². The highest BCUT2D eigenvalue weighted by molar-refractivity contribution is 5.97. The number of rotatable bonds is 8. The number of benzene rings is 3. The normalized spacial score (nSPS) is 15.4. The monoisotopic (exact) mass is 503 g/mol. The molecule has 36 heavy (non-hydrogen) atoms. The second-order valence-corrected chi connectivity index (χ2v) is 9.68. The van der Waals surface area contributed by atoms with Crippen LogP contribution < -0.4 is 9.64 Å². The Morgan fingerprint density at radius 3 is 2.56 bits per heavy atom. The van der Waals surface area contributed by atoms with Crippen molar-refractivity contribution in [3.05, 3.63) is 89.2 Å². The smallest absolute Gasteiger partial charge is 0.227 e. The molecule has 3 aromatic carbocycles. The lowest BCUT2D eigenvalue weighted by Gasteiger charge is -2.20. The van der Waals surface area contributed by atoms with Crippen LogP contribution in [0.15, 0.2) is 66.7 Å². The third-order valence-corrected chi connectivity index (χ3v) is 6.85. The molecule has 0 aliphatic carbocycles. The van der Waals surface area contributed by atoms with Gasteiger partial charge in [-0.1, -0.05) is 42.0 Å². The number of para-hydroxylation sites is 2. The van der Waals surface area contributed by atoms with Gasteiger partial charge in [0.2, 0.25) is 5.91 Å². The Morgan fingerprint density at radius 2 is 1.75 bits per heavy atom. The molecule has 1 atom stereocenters. The Kier molecular flexibility index (Phi) is 8.00. The number of ether oxygens (including phenoxy) is 1. The zero-order valence-corrected chi connectivity index (χ0v) is 22.1. The molecule has 1 aliphatic rings. The maximum atomic E-state index is 13.1. The summed E-state index contributed by atoms with van der Waals surface area (Å²) in [4.78, 5) is 20.0. The summed E-state index contributed by atoms with van der Waals surface area (Å²) >= 11 is 0. The van der Waals surface area contributed by atoms with E-state index in [-0.39, 0.29) is 24.2 Å². The number of carbonyl (C=O) groups excluding carboxylic acids is 1. The number of amides is 1. The first-order valence-corrected chi connectivity index (χ1v) is 12.5. The van der Waals surface area contributed by atoms with Crippen LogP contribution in [0.2, 0.25) is 0 Å². The number of fused-ring (bicyclic) bond motifs is 1. The molecular weight excluding hydrogens is 470 g/mol. The minimum atomic E-state index is 0. The lowest BCUT2D eigenvalue weighted by atomic mass is 10.1. The molecule has 0 N–H and O–H groups in total. The number of anilines is 1. The average molecular weight is 504 g/mol. The summed E-state index contributed by atoms with van der Waals surface area (Å²) in [5.74, 6) is 2.20. The highest BCUT2D eigenvalue weighted by Gasteiger charge is 2.35. The minimum absolute atomic E-state index is 0. The Bertz CT molecular complexity index is 1360. The Balaban J connectivity index is 0.00000304. The predicted molar refractivity (Wildman–Crippen MR) is 149 cm³/mol. The molecule has 1 fully saturated rings. The van der Waals surface area contributed by atoms with Crippen molar-refractivity contribution in [3.8, 4) is 5.75 Å². The number of carbonyl (C=O) groups is 1. The van der Waals surface area contributed by atoms with Crippen LogP contribution in [0.4, 0.5) is 5.69 Å². The largest absolute Gasteiger partial charge is 0.494 e. The molecule has 1 saturated heterocycles. The SMILES string of the molecule is Cc1cccc(OCCCCn2c(C3CC(=O)N(c4ccc(C)cc4C)C3)nc3ccccc32)c1.Cl. The lowest BCUT2D eigenvalue weighted by molar-refractivity contribution is -0.117. The van der Waals surface area contributed by atoms with E-state index in [0.29, 0.717) is 19.6 Å². The summed E-state index contributed by atoms with van der Waals surface area (Å²) in [6.45, 7) is 8.46. The number of unbranched alkanes of at least 4 members (excludes halogenated alkanes) is 1. The molecule has 1 unspecified atom stereocenters. The fourth-order valence-electron chi connectivity index (χ4n) is 5.13. The van der Waals surface area contributed by atoms with Gasteiger partial charge in [0.15, 0.2) is 0 Å². The van der Waals surface area contributed by atoms with E-state index in [1.54, 1.807) is 0 Å². The quantitative estimate of drug-likeness (QED) is 0.249. The van der Waals surface area contributed by atoms with Crippen molar-refractivity contribution < 1.29 is 9.53 Å². The molecule has 0 bridgehead atoms. The molecule has 2 heterocycles. The number of hydrogen-bond donors (Lipinski definition) is 0. The standard InChI is InChI=1S/C30H33N3O2.ClH/c1-21-9-8-10-25(18-21)35-16-7-6-15-32-28-12-5-4-11-26(28)31-30(32)24-19-29(34)33(20-24)27-14-13-22(2)17-23(27)3;/h4-5,8-14,17-18,24H,6-7,15-16,19-20H2,1-3H3;1H. The van der Waals surface area contributed by atoms with E-state index >= 15 is 0 Å². The maximum absolute atomic E-state index is 13.1. The summed E-state index contributed by atoms with van der Waals surface area (Å²) < 4.78 is 8.27. The minimum Gasteiger partial charge on any atom is -0.494 e. The molecule has 5 rings (SSSR count). The van der Waals surface area contributed by atoms with Crippen LogP contribution in [0.1, 0.15) is 47.7 Å². The molecule has 0 radical (unpaired) electrons. The summed E-state index contributed by atoms with van der Waals surface area (Å²) in [5.41, 5.74) is 6.70. The van der Waals surface area contributed by atoms with Gasteiger partial charge in [-0.25, -0.2) is 4.98 Å². The van der Waals surface area contributed by atoms with E-state index in [0.717, 1.165) is 53.2 Å². The molecule has 5 nitrogen and oxygen atoms in total. The van der Waals surface area contributed by atoms with E-state index in [1.807, 2.05) is 23.1 Å². The molecule has 0 spiro atoms. The second-order valence-electron chi connectivity index (χ2n) is 9.68. The van der Waals surface area contributed by atoms with Gasteiger partial charge in [-0.2, -0.15) is 0 Å². The Morgan fingerprint density at radius 1 is 0.944 bits per heavy atom. The Labute approximate surface area is 219 Å². The highest BCUT2D eigenvalue weighted by atomic mass is 35.5. The number of nitrogens with zero attached hydrogens (tertiary/aromatic N) is 3. The molecule has 188 valence electrons. The van der Waals surface area contributed by atoms with Crippen molar-refractivity contribution in [1.82, 2.24) is 9.55 Å². The number of halogens is 1. The van der Waals surface area contributed by atoms with Gasteiger partial charge in [-0.15, -0.1) is 12.4 Å². The van der Waals surface area contributed by atoms with Gasteiger partial charge in [-0.3, -0.25) is 4.79 Å². The first kappa shape index (κ1) is 25.8. The fourth-order valence-corrected chi connectivity index (χ4v) is 5.13. The summed E-state index contributed by atoms with van der Waals surface area (Å²) in [7, 11) is 0. The second kappa shape index (κ2) is 11.2. The summed E-state index contributed by atoms with van der Waals surface area (Å²) in [5, 5.41) is 0. The Hall–Kier alpha value is -3.31. The third-order valence-electron chi connectivity index (χ3n) is 6.85. The van der Waals surface area contributed by atoms with Crippen LogP contribution in [-0.2, 0) is 11.3 Å². The number of aromatic nitrogens is 2. The number of aryl methyl sites for hydroxylation is 4. The molecule has 1 aliphatic heterocycles. The molecule has 0 saturated carbocycles. The van der Waals surface area contributed by atoms with Crippen molar-refractivity contribution in [2.24, 2.45) is 0 Å². The van der Waals surface area contributed by atoms with Crippen LogP contribution >= 0.6 is 12.4 Å². The van der Waals surface area contributed by atoms with Gasteiger partial charge in [0.05, 0.1) is 17.6 Å². The van der Waals surface area contributed by atoms with Crippen LogP contribution in [0.5, 0.6) is 5.75 Å². The van der Waals surface area contributed by atoms with E-state index in [4.69, 9.17) is 9.72 Å². The molecule has 1 aromatic heterocycles. The van der Waals surface area contributed by atoms with Crippen LogP contribution in [0.3, 0.4) is 0 Å². The van der Waals surface area contributed by atoms with E-state index in [1.165, 1.54) is 11.1 Å². The van der Waals surface area contributed by atoms with Gasteiger partial charge < -0.3 is 14.2 Å². The van der Waals surface area contributed by atoms with Crippen molar-refractivity contribution >= 4 is 35.0 Å². The molecule has 4 aromatic rings. The first-order valence-electron chi connectivity index (χ1n) is 12.5. The van der Waals surface area contributed by atoms with Crippen LogP contribution in [0.25, 0.3) is 11.0 Å². The van der Waals surface area contributed by atoms with Gasteiger partial charge >= 0.3 is 0 Å². The van der Waals surface area contributed by atoms with Gasteiger partial charge in [-0.05, 0) is 75.1 Å².